The lowest BCUT2D eigenvalue weighted by molar-refractivity contribution is -0.120. The third kappa shape index (κ3) is 4.52. The Morgan fingerprint density at radius 1 is 1.03 bits per heavy atom. The summed E-state index contributed by atoms with van der Waals surface area (Å²) >= 11 is 0. The first-order valence-corrected chi connectivity index (χ1v) is 12.6. The van der Waals surface area contributed by atoms with Gasteiger partial charge in [0.2, 0.25) is 15.9 Å². The first-order valence-electron chi connectivity index (χ1n) is 11.2. The Labute approximate surface area is 201 Å². The number of anilines is 1. The van der Waals surface area contributed by atoms with Gasteiger partial charge in [-0.1, -0.05) is 30.3 Å². The number of nitrogens with zero attached hydrogens (tertiary/aromatic N) is 5. The molecule has 0 saturated carbocycles. The molecule has 0 unspecified atom stereocenters. The Bertz CT molecular complexity index is 1510. The third-order valence-electron chi connectivity index (χ3n) is 6.26. The highest BCUT2D eigenvalue weighted by Crippen LogP contribution is 2.28. The number of piperidine rings is 1. The van der Waals surface area contributed by atoms with Crippen molar-refractivity contribution in [3.63, 3.8) is 0 Å². The van der Waals surface area contributed by atoms with E-state index < -0.39 is 21.8 Å². The lowest BCUT2D eigenvalue weighted by Crippen LogP contribution is -2.41. The second-order valence-corrected chi connectivity index (χ2v) is 10.4. The monoisotopic (exact) mass is 494 g/mol. The Kier molecular flexibility index (Phi) is 6.03. The van der Waals surface area contributed by atoms with Gasteiger partial charge in [0, 0.05) is 19.0 Å². The molecular weight excluding hydrogens is 471 g/mol. The van der Waals surface area contributed by atoms with Crippen molar-refractivity contribution in [2.24, 2.45) is 5.92 Å². The number of hydrogen-bond donors (Lipinski definition) is 1. The van der Waals surface area contributed by atoms with Crippen LogP contribution in [0.1, 0.15) is 18.7 Å². The van der Waals surface area contributed by atoms with Crippen molar-refractivity contribution in [2.45, 2.75) is 24.7 Å². The molecule has 180 valence electrons. The molecule has 5 rings (SSSR count). The molecule has 0 radical (unpaired) electrons. The van der Waals surface area contributed by atoms with Crippen molar-refractivity contribution in [3.05, 3.63) is 72.3 Å². The summed E-state index contributed by atoms with van der Waals surface area (Å²) in [5.74, 6) is -0.842. The van der Waals surface area contributed by atoms with Crippen molar-refractivity contribution in [3.8, 4) is 5.69 Å². The van der Waals surface area contributed by atoms with Gasteiger partial charge >= 0.3 is 0 Å². The van der Waals surface area contributed by atoms with Crippen LogP contribution in [0.3, 0.4) is 0 Å². The van der Waals surface area contributed by atoms with Crippen LogP contribution in [-0.4, -0.2) is 51.9 Å². The number of rotatable bonds is 5. The van der Waals surface area contributed by atoms with Gasteiger partial charge < -0.3 is 5.32 Å². The summed E-state index contributed by atoms with van der Waals surface area (Å²) < 4.78 is 43.6. The van der Waals surface area contributed by atoms with Crippen LogP contribution in [0.5, 0.6) is 0 Å². The Balaban J connectivity index is 1.26. The zero-order valence-corrected chi connectivity index (χ0v) is 19.7. The van der Waals surface area contributed by atoms with E-state index >= 15 is 0 Å². The number of benzene rings is 3. The summed E-state index contributed by atoms with van der Waals surface area (Å²) in [6.07, 6.45) is 0.679. The number of aromatic nitrogens is 4. The van der Waals surface area contributed by atoms with Gasteiger partial charge in [0.15, 0.2) is 5.82 Å². The van der Waals surface area contributed by atoms with Crippen LogP contribution in [0.2, 0.25) is 0 Å². The number of halogens is 1. The molecule has 9 nitrogen and oxygen atoms in total. The molecule has 0 spiro atoms. The zero-order valence-electron chi connectivity index (χ0n) is 18.9. The van der Waals surface area contributed by atoms with Gasteiger partial charge in [-0.05, 0) is 71.3 Å². The normalized spacial score (nSPS) is 15.4. The summed E-state index contributed by atoms with van der Waals surface area (Å²) in [5, 5.41) is 15.7. The molecule has 4 aromatic rings. The number of carbonyl (C=O) groups is 1. The highest BCUT2D eigenvalue weighted by atomic mass is 32.2. The van der Waals surface area contributed by atoms with E-state index in [1.54, 1.807) is 25.1 Å². The van der Waals surface area contributed by atoms with E-state index in [0.29, 0.717) is 24.4 Å². The van der Waals surface area contributed by atoms with Crippen molar-refractivity contribution < 1.29 is 17.6 Å². The van der Waals surface area contributed by atoms with Gasteiger partial charge in [-0.2, -0.15) is 8.99 Å². The van der Waals surface area contributed by atoms with E-state index in [9.17, 15) is 17.6 Å². The van der Waals surface area contributed by atoms with Gasteiger partial charge in [0.1, 0.15) is 5.82 Å². The summed E-state index contributed by atoms with van der Waals surface area (Å²) in [5.41, 5.74) is 0.536. The first-order chi connectivity index (χ1) is 16.8. The Hall–Kier alpha value is -3.70. The molecule has 3 aromatic carbocycles. The summed E-state index contributed by atoms with van der Waals surface area (Å²) in [6, 6.07) is 16.9. The second-order valence-electron chi connectivity index (χ2n) is 8.48. The van der Waals surface area contributed by atoms with E-state index in [1.807, 2.05) is 24.3 Å². The maximum Gasteiger partial charge on any atom is 0.243 e. The van der Waals surface area contributed by atoms with Crippen molar-refractivity contribution in [2.75, 3.05) is 18.4 Å². The Morgan fingerprint density at radius 3 is 2.49 bits per heavy atom. The van der Waals surface area contributed by atoms with E-state index in [4.69, 9.17) is 0 Å². The molecule has 0 aliphatic carbocycles. The fourth-order valence-electron chi connectivity index (χ4n) is 4.28. The molecule has 0 atom stereocenters. The second kappa shape index (κ2) is 9.16. The smallest absolute Gasteiger partial charge is 0.243 e. The topological polar surface area (TPSA) is 110 Å². The van der Waals surface area contributed by atoms with Crippen molar-refractivity contribution >= 4 is 32.4 Å². The number of hydrogen-bond acceptors (Lipinski definition) is 6. The van der Waals surface area contributed by atoms with Gasteiger partial charge in [-0.25, -0.2) is 12.8 Å². The molecule has 1 aliphatic rings. The number of tetrazole rings is 1. The molecule has 35 heavy (non-hydrogen) atoms. The van der Waals surface area contributed by atoms with E-state index in [1.165, 1.54) is 27.2 Å². The first kappa shape index (κ1) is 23.1. The number of carbonyl (C=O) groups excluding carboxylic acids is 1. The molecule has 1 N–H and O–H groups in total. The maximum absolute atomic E-state index is 14.4. The SMILES string of the molecule is Cc1nnnn1-c1ccc(F)c(NC(=O)C2CCN(S(=O)(=O)c3ccc4ccccc4c3)CC2)c1. The fraction of sp³-hybridized carbons (Fsp3) is 0.250. The largest absolute Gasteiger partial charge is 0.323 e. The molecule has 0 bridgehead atoms. The molecular formula is C24H23FN6O3S. The van der Waals surface area contributed by atoms with Crippen LogP contribution in [0.4, 0.5) is 10.1 Å². The molecule has 1 saturated heterocycles. The minimum atomic E-state index is -3.68. The summed E-state index contributed by atoms with van der Waals surface area (Å²) in [7, 11) is -3.68. The summed E-state index contributed by atoms with van der Waals surface area (Å²) in [4.78, 5) is 13.1. The van der Waals surface area contributed by atoms with E-state index in [2.05, 4.69) is 20.8 Å². The molecule has 1 aromatic heterocycles. The quantitative estimate of drug-likeness (QED) is 0.456. The lowest BCUT2D eigenvalue weighted by atomic mass is 9.97. The number of sulfonamides is 1. The average Bonchev–Trinajstić information content (AvgIpc) is 3.31. The van der Waals surface area contributed by atoms with Gasteiger partial charge in [0.05, 0.1) is 16.3 Å². The van der Waals surface area contributed by atoms with Gasteiger partial charge in [-0.15, -0.1) is 5.10 Å². The minimum Gasteiger partial charge on any atom is -0.323 e. The Morgan fingerprint density at radius 2 is 1.77 bits per heavy atom. The zero-order chi connectivity index (χ0) is 24.6. The van der Waals surface area contributed by atoms with E-state index in [-0.39, 0.29) is 29.6 Å². The van der Waals surface area contributed by atoms with Crippen LogP contribution in [0.25, 0.3) is 16.5 Å². The number of aryl methyl sites for hydroxylation is 1. The predicted octanol–water partition coefficient (Wildman–Crippen LogP) is 3.30. The van der Waals surface area contributed by atoms with E-state index in [0.717, 1.165) is 10.8 Å². The predicted molar refractivity (Wildman–Crippen MR) is 128 cm³/mol. The number of nitrogens with one attached hydrogen (secondary N) is 1. The molecule has 1 amide bonds. The summed E-state index contributed by atoms with van der Waals surface area (Å²) in [6.45, 7) is 2.13. The van der Waals surface area contributed by atoms with Crippen molar-refractivity contribution in [1.29, 1.82) is 0 Å². The minimum absolute atomic E-state index is 0.0219. The van der Waals surface area contributed by atoms with Crippen LogP contribution in [0.15, 0.2) is 65.6 Å². The number of amides is 1. The molecule has 1 fully saturated rings. The highest BCUT2D eigenvalue weighted by molar-refractivity contribution is 7.89. The van der Waals surface area contributed by atoms with Gasteiger partial charge in [0.25, 0.3) is 0 Å². The van der Waals surface area contributed by atoms with Crippen LogP contribution >= 0.6 is 0 Å². The fourth-order valence-corrected chi connectivity index (χ4v) is 5.79. The number of fused-ring (bicyclic) bond motifs is 1. The lowest BCUT2D eigenvalue weighted by Gasteiger charge is -2.30. The molecule has 1 aliphatic heterocycles. The highest BCUT2D eigenvalue weighted by Gasteiger charge is 2.32. The third-order valence-corrected chi connectivity index (χ3v) is 8.16. The standard InChI is InChI=1S/C24H23FN6O3S/c1-16-27-28-29-31(16)20-7-9-22(25)23(15-20)26-24(32)18-10-12-30(13-11-18)35(33,34)21-8-6-17-4-2-3-5-19(17)14-21/h2-9,14-15,18H,10-13H2,1H3,(H,26,32). The van der Waals surface area contributed by atoms with Crippen molar-refractivity contribution in [1.82, 2.24) is 24.5 Å². The van der Waals surface area contributed by atoms with Crippen LogP contribution in [-0.2, 0) is 14.8 Å². The van der Waals surface area contributed by atoms with Gasteiger partial charge in [-0.3, -0.25) is 4.79 Å². The maximum atomic E-state index is 14.4. The molecule has 2 heterocycles. The average molecular weight is 495 g/mol. The van der Waals surface area contributed by atoms with Crippen LogP contribution in [0, 0.1) is 18.7 Å². The molecule has 11 heteroatoms. The van der Waals surface area contributed by atoms with Crippen LogP contribution < -0.4 is 5.32 Å².